The monoisotopic (exact) mass is 405 g/mol. The van der Waals surface area contributed by atoms with Gasteiger partial charge >= 0.3 is 82.2 Å². The molecule has 0 amide bonds. The van der Waals surface area contributed by atoms with Crippen molar-refractivity contribution in [1.82, 2.24) is 0 Å². The quantitative estimate of drug-likeness (QED) is 0.224. The van der Waals surface area contributed by atoms with Crippen molar-refractivity contribution < 1.29 is 47.7 Å². The van der Waals surface area contributed by atoms with Crippen LogP contribution in [0.2, 0.25) is 5.02 Å². The fourth-order valence-electron chi connectivity index (χ4n) is 0.957. The van der Waals surface area contributed by atoms with E-state index in [2.05, 4.69) is 30.5 Å². The minimum atomic E-state index is -3.81. The number of rotatable bonds is 6. The second kappa shape index (κ2) is 16.1. The van der Waals surface area contributed by atoms with Crippen LogP contribution in [0.5, 0.6) is 0 Å². The van der Waals surface area contributed by atoms with Crippen LogP contribution in [0.4, 0.5) is 0 Å². The molecule has 0 spiro atoms. The summed E-state index contributed by atoms with van der Waals surface area (Å²) in [7, 11) is 0. The van der Waals surface area contributed by atoms with Gasteiger partial charge in [0.05, 0.1) is 0 Å². The molecule has 11 heteroatoms. The second-order valence-electron chi connectivity index (χ2n) is 3.65. The SMILES string of the molecule is CCCCCCC[CH2][Zn].OP(O)(O)=S.OP(O)(O)=S. The third kappa shape index (κ3) is 104. The summed E-state index contributed by atoms with van der Waals surface area (Å²) in [5, 5.41) is 1.49. The molecule has 0 aliphatic carbocycles. The smallest absolute Gasteiger partial charge is 0.319 e. The Labute approximate surface area is 135 Å². The van der Waals surface area contributed by atoms with E-state index in [1.165, 1.54) is 61.8 Å². The van der Waals surface area contributed by atoms with E-state index >= 15 is 0 Å². The van der Waals surface area contributed by atoms with Gasteiger partial charge < -0.3 is 29.4 Å². The Hall–Kier alpha value is 1.68. The Bertz CT molecular complexity index is 227. The third-order valence-electron chi connectivity index (χ3n) is 1.60. The first-order valence-corrected chi connectivity index (χ1v) is 13.2. The van der Waals surface area contributed by atoms with Gasteiger partial charge in [-0.2, -0.15) is 0 Å². The molecule has 0 rings (SSSR count). The van der Waals surface area contributed by atoms with E-state index in [1.807, 2.05) is 0 Å². The van der Waals surface area contributed by atoms with Crippen molar-refractivity contribution in [1.29, 1.82) is 0 Å². The van der Waals surface area contributed by atoms with Gasteiger partial charge in [0.2, 0.25) is 0 Å². The summed E-state index contributed by atoms with van der Waals surface area (Å²) in [6.45, 7) is -5.34. The van der Waals surface area contributed by atoms with Crippen LogP contribution in [-0.2, 0) is 41.9 Å². The maximum Gasteiger partial charge on any atom is 0.319 e. The summed E-state index contributed by atoms with van der Waals surface area (Å²) >= 11 is 8.70. The zero-order valence-electron chi connectivity index (χ0n) is 11.1. The molecule has 0 atom stereocenters. The normalized spacial score (nSPS) is 11.0. The van der Waals surface area contributed by atoms with E-state index in [-0.39, 0.29) is 0 Å². The largest absolute Gasteiger partial charge is 0.325 e. The van der Waals surface area contributed by atoms with Crippen molar-refractivity contribution >= 4 is 37.1 Å². The molecular formula is C8H23O6P2S2Zn. The molecule has 0 radical (unpaired) electrons. The molecule has 0 aromatic rings. The molecule has 0 aliphatic rings. The molecular weight excluding hydrogens is 384 g/mol. The van der Waals surface area contributed by atoms with E-state index in [9.17, 15) is 0 Å². The van der Waals surface area contributed by atoms with Crippen molar-refractivity contribution in [3.05, 3.63) is 0 Å². The zero-order valence-corrected chi connectivity index (χ0v) is 17.4. The molecule has 0 unspecified atom stereocenters. The van der Waals surface area contributed by atoms with E-state index in [0.29, 0.717) is 0 Å². The second-order valence-corrected chi connectivity index (χ2v) is 10.1. The van der Waals surface area contributed by atoms with Crippen LogP contribution in [0, 0.1) is 0 Å². The van der Waals surface area contributed by atoms with Crippen molar-refractivity contribution in [2.24, 2.45) is 0 Å². The molecule has 0 fully saturated rings. The van der Waals surface area contributed by atoms with Crippen molar-refractivity contribution in [2.45, 2.75) is 50.5 Å². The summed E-state index contributed by atoms with van der Waals surface area (Å²) in [5.41, 5.74) is 0. The topological polar surface area (TPSA) is 121 Å². The van der Waals surface area contributed by atoms with Crippen LogP contribution in [0.3, 0.4) is 0 Å². The first-order valence-electron chi connectivity index (χ1n) is 5.77. The van der Waals surface area contributed by atoms with E-state index in [0.717, 1.165) is 0 Å². The Morgan fingerprint density at radius 2 is 1.00 bits per heavy atom. The molecule has 0 aromatic carbocycles. The van der Waals surface area contributed by atoms with Gasteiger partial charge in [-0.25, -0.2) is 0 Å². The predicted molar refractivity (Wildman–Crippen MR) is 80.1 cm³/mol. The molecule has 0 saturated heterocycles. The van der Waals surface area contributed by atoms with Gasteiger partial charge in [0.15, 0.2) is 0 Å². The maximum atomic E-state index is 7.56. The summed E-state index contributed by atoms with van der Waals surface area (Å²) in [6, 6.07) is 0. The Morgan fingerprint density at radius 3 is 1.26 bits per heavy atom. The zero-order chi connectivity index (χ0) is 15.9. The fraction of sp³-hybridized carbons (Fsp3) is 1.00. The molecule has 0 aromatic heterocycles. The van der Waals surface area contributed by atoms with E-state index < -0.39 is 13.4 Å². The minimum Gasteiger partial charge on any atom is -0.325 e. The van der Waals surface area contributed by atoms with Crippen LogP contribution in [0.25, 0.3) is 0 Å². The van der Waals surface area contributed by atoms with Gasteiger partial charge in [-0.05, 0) is 23.6 Å². The number of hydrogen-bond acceptors (Lipinski definition) is 2. The van der Waals surface area contributed by atoms with Crippen LogP contribution >= 0.6 is 13.4 Å². The number of hydrogen-bond donors (Lipinski definition) is 6. The van der Waals surface area contributed by atoms with Crippen LogP contribution in [0.1, 0.15) is 45.4 Å². The Balaban J connectivity index is -0.000000219. The standard InChI is InChI=1S/C8H17.2H3O3PS.Zn/c1-3-5-7-8-6-4-2;2*1-4(2,3)5;/h1,3-8H2,2H3;2*(H3,1,2,3,5);. The maximum absolute atomic E-state index is 7.56. The molecule has 0 aliphatic heterocycles. The molecule has 19 heavy (non-hydrogen) atoms. The molecule has 6 nitrogen and oxygen atoms in total. The van der Waals surface area contributed by atoms with Crippen LogP contribution in [0.15, 0.2) is 0 Å². The van der Waals surface area contributed by atoms with E-state index in [1.54, 1.807) is 0 Å². The van der Waals surface area contributed by atoms with Crippen LogP contribution < -0.4 is 0 Å². The third-order valence-corrected chi connectivity index (χ3v) is 2.65. The first-order chi connectivity index (χ1) is 8.41. The summed E-state index contributed by atoms with van der Waals surface area (Å²) in [5.74, 6) is 0. The molecule has 0 heterocycles. The minimum absolute atomic E-state index is 1.38. The summed E-state index contributed by atoms with van der Waals surface area (Å²) in [4.78, 5) is 45.3. The average Bonchev–Trinajstić information content (AvgIpc) is 2.12. The van der Waals surface area contributed by atoms with Gasteiger partial charge in [-0.3, -0.25) is 0 Å². The van der Waals surface area contributed by atoms with Gasteiger partial charge in [-0.15, -0.1) is 0 Å². The molecule has 115 valence electrons. The van der Waals surface area contributed by atoms with Crippen LogP contribution in [-0.4, -0.2) is 29.4 Å². The summed E-state index contributed by atoms with van der Waals surface area (Å²) in [6.07, 6.45) is 8.74. The van der Waals surface area contributed by atoms with Gasteiger partial charge in [-0.1, -0.05) is 0 Å². The number of unbranched alkanes of at least 4 members (excludes halogenated alkanes) is 5. The van der Waals surface area contributed by atoms with Gasteiger partial charge in [0.1, 0.15) is 0 Å². The molecule has 6 N–H and O–H groups in total. The summed E-state index contributed by atoms with van der Waals surface area (Å²) < 4.78 is 0. The van der Waals surface area contributed by atoms with E-state index in [4.69, 9.17) is 29.4 Å². The molecule has 0 bridgehead atoms. The van der Waals surface area contributed by atoms with Crippen molar-refractivity contribution in [3.8, 4) is 0 Å². The first kappa shape index (κ1) is 25.6. The van der Waals surface area contributed by atoms with Crippen molar-refractivity contribution in [2.75, 3.05) is 0 Å². The molecule has 0 saturated carbocycles. The fourth-order valence-corrected chi connectivity index (χ4v) is 1.70. The van der Waals surface area contributed by atoms with Gasteiger partial charge in [0.25, 0.3) is 0 Å². The van der Waals surface area contributed by atoms with Gasteiger partial charge in [0, 0.05) is 0 Å². The Morgan fingerprint density at radius 1 is 0.737 bits per heavy atom. The van der Waals surface area contributed by atoms with Crippen molar-refractivity contribution in [3.63, 3.8) is 0 Å². The predicted octanol–water partition coefficient (Wildman–Crippen LogP) is 1.69. The average molecular weight is 407 g/mol. The Kier molecular flexibility index (Phi) is 21.7.